The fourth-order valence-electron chi connectivity index (χ4n) is 1.94. The molecule has 0 unspecified atom stereocenters. The number of para-hydroxylation sites is 1. The van der Waals surface area contributed by atoms with Crippen molar-refractivity contribution >= 4 is 11.2 Å². The molecule has 3 aromatic rings. The molecule has 2 heterocycles. The van der Waals surface area contributed by atoms with E-state index in [9.17, 15) is 4.39 Å². The van der Waals surface area contributed by atoms with E-state index in [4.69, 9.17) is 4.74 Å². The zero-order chi connectivity index (χ0) is 13.4. The average Bonchev–Trinajstić information content (AvgIpc) is 2.80. The summed E-state index contributed by atoms with van der Waals surface area (Å²) in [5.74, 6) is 0.116. The Morgan fingerprint density at radius 2 is 2.11 bits per heavy atom. The van der Waals surface area contributed by atoms with Gasteiger partial charge in [-0.25, -0.2) is 19.3 Å². The van der Waals surface area contributed by atoms with E-state index < -0.39 is 5.82 Å². The van der Waals surface area contributed by atoms with Crippen LogP contribution in [0.15, 0.2) is 30.7 Å². The van der Waals surface area contributed by atoms with Crippen molar-refractivity contribution in [2.75, 3.05) is 7.11 Å². The van der Waals surface area contributed by atoms with Gasteiger partial charge in [0.05, 0.1) is 25.2 Å². The number of hydrogen-bond acceptors (Lipinski definition) is 4. The SMILES string of the molecule is COc1c(F)cccc1-c1ncc2ncn(C)c2n1. The number of benzene rings is 1. The van der Waals surface area contributed by atoms with Crippen LogP contribution in [0.3, 0.4) is 0 Å². The van der Waals surface area contributed by atoms with E-state index in [1.807, 2.05) is 7.05 Å². The Hall–Kier alpha value is -2.50. The molecule has 2 aromatic heterocycles. The number of imidazole rings is 1. The standard InChI is InChI=1S/C13H11FN4O/c1-18-7-16-10-6-15-12(17-13(10)18)8-4-3-5-9(14)11(8)19-2/h3-7H,1-2H3. The lowest BCUT2D eigenvalue weighted by Gasteiger charge is -2.08. The first-order chi connectivity index (χ1) is 9.20. The Morgan fingerprint density at radius 1 is 1.26 bits per heavy atom. The molecule has 96 valence electrons. The second kappa shape index (κ2) is 4.31. The topological polar surface area (TPSA) is 52.8 Å². The van der Waals surface area contributed by atoms with Crippen molar-refractivity contribution in [3.05, 3.63) is 36.5 Å². The third-order valence-electron chi connectivity index (χ3n) is 2.87. The summed E-state index contributed by atoms with van der Waals surface area (Å²) in [6.45, 7) is 0. The van der Waals surface area contributed by atoms with Gasteiger partial charge in [0.2, 0.25) is 0 Å². The van der Waals surface area contributed by atoms with E-state index in [0.717, 1.165) is 0 Å². The zero-order valence-corrected chi connectivity index (χ0v) is 10.5. The van der Waals surface area contributed by atoms with Gasteiger partial charge in [-0.2, -0.15) is 0 Å². The highest BCUT2D eigenvalue weighted by Crippen LogP contribution is 2.30. The van der Waals surface area contributed by atoms with E-state index in [1.165, 1.54) is 13.2 Å². The van der Waals surface area contributed by atoms with Crippen molar-refractivity contribution in [3.8, 4) is 17.1 Å². The number of nitrogens with zero attached hydrogens (tertiary/aromatic N) is 4. The molecule has 0 saturated carbocycles. The molecule has 0 atom stereocenters. The van der Waals surface area contributed by atoms with Crippen LogP contribution in [0, 0.1) is 5.82 Å². The minimum atomic E-state index is -0.436. The molecule has 0 saturated heterocycles. The molecule has 0 N–H and O–H groups in total. The van der Waals surface area contributed by atoms with Crippen molar-refractivity contribution < 1.29 is 9.13 Å². The smallest absolute Gasteiger partial charge is 0.165 e. The van der Waals surface area contributed by atoms with Gasteiger partial charge in [0.1, 0.15) is 5.52 Å². The van der Waals surface area contributed by atoms with Gasteiger partial charge < -0.3 is 9.30 Å². The lowest BCUT2D eigenvalue weighted by atomic mass is 10.2. The minimum Gasteiger partial charge on any atom is -0.493 e. The second-order valence-electron chi connectivity index (χ2n) is 4.08. The van der Waals surface area contributed by atoms with E-state index >= 15 is 0 Å². The van der Waals surface area contributed by atoms with Crippen molar-refractivity contribution in [2.45, 2.75) is 0 Å². The molecule has 0 aliphatic rings. The van der Waals surface area contributed by atoms with Gasteiger partial charge in [-0.1, -0.05) is 6.07 Å². The normalized spacial score (nSPS) is 10.9. The highest BCUT2D eigenvalue weighted by atomic mass is 19.1. The van der Waals surface area contributed by atoms with Crippen molar-refractivity contribution in [2.24, 2.45) is 7.05 Å². The third kappa shape index (κ3) is 1.81. The molecule has 3 rings (SSSR count). The zero-order valence-electron chi connectivity index (χ0n) is 10.5. The van der Waals surface area contributed by atoms with Gasteiger partial charge in [0.15, 0.2) is 23.0 Å². The van der Waals surface area contributed by atoms with Gasteiger partial charge in [-0.15, -0.1) is 0 Å². The van der Waals surface area contributed by atoms with Crippen LogP contribution in [0.1, 0.15) is 0 Å². The van der Waals surface area contributed by atoms with E-state index in [1.54, 1.807) is 29.2 Å². The number of aromatic nitrogens is 4. The molecule has 0 spiro atoms. The average molecular weight is 258 g/mol. The molecule has 19 heavy (non-hydrogen) atoms. The molecular formula is C13H11FN4O. The Morgan fingerprint density at radius 3 is 2.89 bits per heavy atom. The predicted octanol–water partition coefficient (Wildman–Crippen LogP) is 2.18. The Kier molecular flexibility index (Phi) is 2.63. The van der Waals surface area contributed by atoms with Crippen LogP contribution < -0.4 is 4.74 Å². The first-order valence-electron chi connectivity index (χ1n) is 5.67. The van der Waals surface area contributed by atoms with Crippen LogP contribution in [0.5, 0.6) is 5.75 Å². The first kappa shape index (κ1) is 11.6. The fourth-order valence-corrected chi connectivity index (χ4v) is 1.94. The molecule has 6 heteroatoms. The first-order valence-corrected chi connectivity index (χ1v) is 5.67. The Labute approximate surface area is 108 Å². The maximum absolute atomic E-state index is 13.7. The molecule has 0 aliphatic heterocycles. The summed E-state index contributed by atoms with van der Waals surface area (Å²) in [5.41, 5.74) is 1.91. The largest absolute Gasteiger partial charge is 0.493 e. The summed E-state index contributed by atoms with van der Waals surface area (Å²) in [6.07, 6.45) is 3.27. The van der Waals surface area contributed by atoms with Crippen molar-refractivity contribution in [1.82, 2.24) is 19.5 Å². The van der Waals surface area contributed by atoms with Gasteiger partial charge >= 0.3 is 0 Å². The molecule has 1 aromatic carbocycles. The number of ether oxygens (including phenoxy) is 1. The Balaban J connectivity index is 2.24. The van der Waals surface area contributed by atoms with Crippen LogP contribution >= 0.6 is 0 Å². The second-order valence-corrected chi connectivity index (χ2v) is 4.08. The molecule has 5 nitrogen and oxygen atoms in total. The van der Waals surface area contributed by atoms with Crippen LogP contribution in [-0.2, 0) is 7.05 Å². The highest BCUT2D eigenvalue weighted by molar-refractivity contribution is 5.74. The highest BCUT2D eigenvalue weighted by Gasteiger charge is 2.14. The number of aryl methyl sites for hydroxylation is 1. The lowest BCUT2D eigenvalue weighted by molar-refractivity contribution is 0.388. The van der Waals surface area contributed by atoms with Crippen LogP contribution in [0.4, 0.5) is 4.39 Å². The summed E-state index contributed by atoms with van der Waals surface area (Å²) in [5, 5.41) is 0. The summed E-state index contributed by atoms with van der Waals surface area (Å²) >= 11 is 0. The van der Waals surface area contributed by atoms with Crippen molar-refractivity contribution in [3.63, 3.8) is 0 Å². The molecule has 0 bridgehead atoms. The summed E-state index contributed by atoms with van der Waals surface area (Å²) in [7, 11) is 3.26. The number of halogens is 1. The van der Waals surface area contributed by atoms with Gasteiger partial charge in [-0.05, 0) is 12.1 Å². The van der Waals surface area contributed by atoms with Gasteiger partial charge in [0, 0.05) is 7.05 Å². The maximum Gasteiger partial charge on any atom is 0.165 e. The number of hydrogen-bond donors (Lipinski definition) is 0. The van der Waals surface area contributed by atoms with E-state index in [2.05, 4.69) is 15.0 Å². The number of methoxy groups -OCH3 is 1. The molecule has 0 aliphatic carbocycles. The van der Waals surface area contributed by atoms with Crippen molar-refractivity contribution in [1.29, 1.82) is 0 Å². The quantitative estimate of drug-likeness (QED) is 0.707. The lowest BCUT2D eigenvalue weighted by Crippen LogP contribution is -1.97. The number of fused-ring (bicyclic) bond motifs is 1. The van der Waals surface area contributed by atoms with Crippen LogP contribution in [0.25, 0.3) is 22.6 Å². The predicted molar refractivity (Wildman–Crippen MR) is 68.3 cm³/mol. The third-order valence-corrected chi connectivity index (χ3v) is 2.87. The fraction of sp³-hybridized carbons (Fsp3) is 0.154. The summed E-state index contributed by atoms with van der Waals surface area (Å²) in [6, 6.07) is 4.66. The molecular weight excluding hydrogens is 247 g/mol. The molecule has 0 radical (unpaired) electrons. The van der Waals surface area contributed by atoms with Gasteiger partial charge in [0.25, 0.3) is 0 Å². The maximum atomic E-state index is 13.7. The Bertz CT molecular complexity index is 753. The van der Waals surface area contributed by atoms with Gasteiger partial charge in [-0.3, -0.25) is 0 Å². The summed E-state index contributed by atoms with van der Waals surface area (Å²) in [4.78, 5) is 12.7. The minimum absolute atomic E-state index is 0.143. The summed E-state index contributed by atoms with van der Waals surface area (Å²) < 4.78 is 20.5. The van der Waals surface area contributed by atoms with E-state index in [-0.39, 0.29) is 5.75 Å². The molecule has 0 amide bonds. The molecule has 0 fully saturated rings. The van der Waals surface area contributed by atoms with Crippen LogP contribution in [-0.4, -0.2) is 26.6 Å². The van der Waals surface area contributed by atoms with Crippen LogP contribution in [0.2, 0.25) is 0 Å². The monoisotopic (exact) mass is 258 g/mol. The van der Waals surface area contributed by atoms with E-state index in [0.29, 0.717) is 22.6 Å². The number of rotatable bonds is 2.